The number of carbonyl (C=O) groups excluding carboxylic acids is 2. The van der Waals surface area contributed by atoms with Crippen molar-refractivity contribution in [2.24, 2.45) is 0 Å². The number of rotatable bonds is 8. The first kappa shape index (κ1) is 22.4. The molecule has 3 N–H and O–H groups in total. The molecule has 11 heteroatoms. The molecule has 0 unspecified atom stereocenters. The monoisotopic (exact) mass is 440 g/mol. The third-order valence-corrected chi connectivity index (χ3v) is 4.84. The van der Waals surface area contributed by atoms with Crippen molar-refractivity contribution in [3.8, 4) is 5.75 Å². The molecule has 0 spiro atoms. The van der Waals surface area contributed by atoms with Crippen molar-refractivity contribution in [1.82, 2.24) is 10.3 Å². The van der Waals surface area contributed by atoms with Gasteiger partial charge in [-0.15, -0.1) is 0 Å². The lowest BCUT2D eigenvalue weighted by Gasteiger charge is -2.15. The van der Waals surface area contributed by atoms with E-state index in [0.717, 1.165) is 0 Å². The Balaban J connectivity index is 1.90. The first-order chi connectivity index (χ1) is 13.7. The minimum absolute atomic E-state index is 0.155. The summed E-state index contributed by atoms with van der Waals surface area (Å²) in [5.74, 6) is -1.88. The van der Waals surface area contributed by atoms with E-state index in [0.29, 0.717) is 10.8 Å². The van der Waals surface area contributed by atoms with Gasteiger partial charge in [-0.3, -0.25) is 14.3 Å². The molecule has 0 aliphatic rings. The maximum atomic E-state index is 12.1. The molecule has 1 aromatic heterocycles. The highest BCUT2D eigenvalue weighted by Crippen LogP contribution is 2.28. The number of sulfonamides is 1. The number of anilines is 2. The minimum atomic E-state index is -3.74. The highest BCUT2D eigenvalue weighted by Gasteiger charge is 2.18. The van der Waals surface area contributed by atoms with E-state index in [1.165, 1.54) is 18.3 Å². The van der Waals surface area contributed by atoms with Crippen LogP contribution in [0, 0.1) is 0 Å². The van der Waals surface area contributed by atoms with Crippen molar-refractivity contribution in [3.63, 3.8) is 0 Å². The lowest BCUT2D eigenvalue weighted by Crippen LogP contribution is -2.38. The van der Waals surface area contributed by atoms with Crippen LogP contribution in [0.5, 0.6) is 5.75 Å². The molecule has 0 aliphatic heterocycles. The molecule has 29 heavy (non-hydrogen) atoms. The van der Waals surface area contributed by atoms with Crippen LogP contribution in [-0.4, -0.2) is 43.6 Å². The number of hydrogen-bond donors (Lipinski definition) is 3. The van der Waals surface area contributed by atoms with Crippen LogP contribution >= 0.6 is 11.6 Å². The summed E-state index contributed by atoms with van der Waals surface area (Å²) >= 11 is 5.93. The lowest BCUT2D eigenvalue weighted by molar-refractivity contribution is -0.136. The minimum Gasteiger partial charge on any atom is -0.489 e. The fourth-order valence-electron chi connectivity index (χ4n) is 2.15. The number of ether oxygens (including phenoxy) is 1. The zero-order valence-electron chi connectivity index (χ0n) is 15.8. The summed E-state index contributed by atoms with van der Waals surface area (Å²) in [6.07, 6.45) is 1.29. The van der Waals surface area contributed by atoms with Crippen molar-refractivity contribution in [3.05, 3.63) is 47.6 Å². The Hall–Kier alpha value is -2.85. The molecule has 9 nitrogen and oxygen atoms in total. The van der Waals surface area contributed by atoms with Gasteiger partial charge in [-0.1, -0.05) is 17.7 Å². The van der Waals surface area contributed by atoms with Crippen LogP contribution < -0.4 is 20.1 Å². The fraction of sp³-hybridized carbons (Fsp3) is 0.278. The Bertz CT molecular complexity index is 967. The number of nitrogens with zero attached hydrogens (tertiary/aromatic N) is 1. The average molecular weight is 441 g/mol. The first-order valence-electron chi connectivity index (χ1n) is 8.63. The Morgan fingerprint density at radius 1 is 1.17 bits per heavy atom. The van der Waals surface area contributed by atoms with Crippen molar-refractivity contribution < 1.29 is 22.7 Å². The number of amides is 2. The second-order valence-corrected chi connectivity index (χ2v) is 8.43. The summed E-state index contributed by atoms with van der Waals surface area (Å²) in [5, 5.41) is 5.01. The largest absolute Gasteiger partial charge is 0.489 e. The lowest BCUT2D eigenvalue weighted by atomic mass is 10.2. The van der Waals surface area contributed by atoms with Gasteiger partial charge in [-0.25, -0.2) is 13.4 Å². The van der Waals surface area contributed by atoms with Crippen LogP contribution in [0.4, 0.5) is 11.5 Å². The van der Waals surface area contributed by atoms with E-state index in [4.69, 9.17) is 16.3 Å². The van der Waals surface area contributed by atoms with Gasteiger partial charge in [-0.2, -0.15) is 0 Å². The summed E-state index contributed by atoms with van der Waals surface area (Å²) in [6.45, 7) is 3.36. The third-order valence-electron chi connectivity index (χ3n) is 3.34. The Morgan fingerprint density at radius 2 is 1.93 bits per heavy atom. The molecule has 156 valence electrons. The Kier molecular flexibility index (Phi) is 7.80. The summed E-state index contributed by atoms with van der Waals surface area (Å²) in [7, 11) is -3.74. The molecule has 0 bridgehead atoms. The highest BCUT2D eigenvalue weighted by atomic mass is 35.5. The molecule has 0 saturated heterocycles. The number of nitrogens with one attached hydrogen (secondary N) is 3. The molecule has 1 heterocycles. The van der Waals surface area contributed by atoms with Gasteiger partial charge >= 0.3 is 11.8 Å². The van der Waals surface area contributed by atoms with Crippen LogP contribution in [0.2, 0.25) is 5.02 Å². The zero-order chi connectivity index (χ0) is 21.4. The molecule has 0 fully saturated rings. The number of halogens is 1. The maximum Gasteiger partial charge on any atom is 0.313 e. The van der Waals surface area contributed by atoms with E-state index in [9.17, 15) is 18.0 Å². The van der Waals surface area contributed by atoms with Crippen molar-refractivity contribution in [2.45, 2.75) is 20.0 Å². The van der Waals surface area contributed by atoms with Gasteiger partial charge in [0.2, 0.25) is 10.0 Å². The number of pyridine rings is 1. The molecule has 0 saturated carbocycles. The number of hydrogen-bond acceptors (Lipinski definition) is 6. The Morgan fingerprint density at radius 3 is 2.59 bits per heavy atom. The molecule has 0 radical (unpaired) electrons. The van der Waals surface area contributed by atoms with Gasteiger partial charge in [0.1, 0.15) is 11.6 Å². The topological polar surface area (TPSA) is 126 Å². The number of carbonyl (C=O) groups is 2. The highest BCUT2D eigenvalue weighted by molar-refractivity contribution is 7.92. The van der Waals surface area contributed by atoms with Crippen molar-refractivity contribution >= 4 is 44.9 Å². The van der Waals surface area contributed by atoms with Crippen LogP contribution in [0.3, 0.4) is 0 Å². The average Bonchev–Trinajstić information content (AvgIpc) is 2.63. The molecular formula is C18H21ClN4O5S. The van der Waals surface area contributed by atoms with Crippen LogP contribution in [0.25, 0.3) is 0 Å². The molecule has 2 aromatic rings. The predicted octanol–water partition coefficient (Wildman–Crippen LogP) is 2.02. The zero-order valence-corrected chi connectivity index (χ0v) is 17.4. The predicted molar refractivity (Wildman–Crippen MR) is 111 cm³/mol. The summed E-state index contributed by atoms with van der Waals surface area (Å²) < 4.78 is 31.8. The second-order valence-electron chi connectivity index (χ2n) is 6.15. The second kappa shape index (κ2) is 10.1. The normalized spacial score (nSPS) is 11.0. The molecule has 2 amide bonds. The van der Waals surface area contributed by atoms with Gasteiger partial charge in [0.05, 0.1) is 17.5 Å². The van der Waals surface area contributed by atoms with E-state index < -0.39 is 27.6 Å². The number of aromatic nitrogens is 1. The van der Waals surface area contributed by atoms with Crippen molar-refractivity contribution in [1.29, 1.82) is 0 Å². The van der Waals surface area contributed by atoms with Gasteiger partial charge in [0, 0.05) is 17.8 Å². The summed E-state index contributed by atoms with van der Waals surface area (Å²) in [4.78, 5) is 28.0. The first-order valence-corrected chi connectivity index (χ1v) is 10.7. The molecular weight excluding hydrogens is 420 g/mol. The van der Waals surface area contributed by atoms with Crippen LogP contribution in [0.1, 0.15) is 13.8 Å². The van der Waals surface area contributed by atoms with Gasteiger partial charge in [0.25, 0.3) is 0 Å². The molecule has 1 aromatic carbocycles. The molecule has 0 atom stereocenters. The molecule has 2 rings (SSSR count). The molecule has 0 aliphatic carbocycles. The quantitative estimate of drug-likeness (QED) is 0.539. The summed E-state index contributed by atoms with van der Waals surface area (Å²) in [6, 6.07) is 9.38. The maximum absolute atomic E-state index is 12.1. The van der Waals surface area contributed by atoms with E-state index in [1.54, 1.807) is 24.3 Å². The Labute approximate surface area is 173 Å². The van der Waals surface area contributed by atoms with E-state index in [2.05, 4.69) is 20.3 Å². The van der Waals surface area contributed by atoms with E-state index in [-0.39, 0.29) is 24.2 Å². The van der Waals surface area contributed by atoms with Crippen LogP contribution in [0.15, 0.2) is 42.6 Å². The SMILES string of the molecule is CC(C)Oc1ccc(Cl)cc1NC(=O)C(=O)NCCS(=O)(=O)Nc1ccccn1. The fourth-order valence-corrected chi connectivity index (χ4v) is 3.23. The summed E-state index contributed by atoms with van der Waals surface area (Å²) in [5.41, 5.74) is 0.232. The van der Waals surface area contributed by atoms with Crippen molar-refractivity contribution in [2.75, 3.05) is 22.3 Å². The van der Waals surface area contributed by atoms with E-state index in [1.807, 2.05) is 13.8 Å². The van der Waals surface area contributed by atoms with E-state index >= 15 is 0 Å². The third kappa shape index (κ3) is 7.59. The number of benzene rings is 1. The smallest absolute Gasteiger partial charge is 0.313 e. The van der Waals surface area contributed by atoms with Gasteiger partial charge in [-0.05, 0) is 44.2 Å². The van der Waals surface area contributed by atoms with Gasteiger partial charge in [0.15, 0.2) is 0 Å². The van der Waals surface area contributed by atoms with Crippen LogP contribution in [-0.2, 0) is 19.6 Å². The van der Waals surface area contributed by atoms with Gasteiger partial charge < -0.3 is 15.4 Å². The standard InChI is InChI=1S/C18H21ClN4O5S/c1-12(2)28-15-7-6-13(19)11-14(15)22-18(25)17(24)21-9-10-29(26,27)23-16-5-3-4-8-20-16/h3-8,11-12H,9-10H2,1-2H3,(H,20,23)(H,21,24)(H,22,25).